The second-order valence-electron chi connectivity index (χ2n) is 9.18. The van der Waals surface area contributed by atoms with E-state index in [1.54, 1.807) is 13.2 Å². The maximum atomic E-state index is 14.0. The van der Waals surface area contributed by atoms with Gasteiger partial charge >= 0.3 is 0 Å². The number of thiazole rings is 1. The zero-order chi connectivity index (χ0) is 26.2. The summed E-state index contributed by atoms with van der Waals surface area (Å²) in [7, 11) is 1.66. The standard InChI is InChI=1S/C31H25BrN2O3S/c1-3-15-37-26-14-11-19(16-25(26)32)17-27-30(35)34-29(21-8-6-9-22(18-21)36-2)24-13-12-20-7-4-5-10-23(20)28(24)33-31(34)38-27/h3-11,14,16-18,29H,1,12-13,15H2,2H3/b27-17+/t29-/m1/s1. The molecule has 2 aliphatic rings. The lowest BCUT2D eigenvalue weighted by molar-refractivity contribution is 0.361. The molecule has 6 rings (SSSR count). The third-order valence-corrected chi connectivity index (χ3v) is 8.50. The van der Waals surface area contributed by atoms with Crippen molar-refractivity contribution in [1.29, 1.82) is 0 Å². The third kappa shape index (κ3) is 4.36. The monoisotopic (exact) mass is 584 g/mol. The molecular weight excluding hydrogens is 560 g/mol. The molecule has 0 N–H and O–H groups in total. The van der Waals surface area contributed by atoms with Crippen LogP contribution in [0, 0.1) is 0 Å². The molecule has 0 radical (unpaired) electrons. The normalized spacial score (nSPS) is 16.3. The van der Waals surface area contributed by atoms with E-state index in [4.69, 9.17) is 14.5 Å². The number of halogens is 1. The minimum Gasteiger partial charge on any atom is -0.497 e. The zero-order valence-electron chi connectivity index (χ0n) is 20.8. The SMILES string of the molecule is C=CCOc1ccc(/C=c2/sc3n(c2=O)[C@H](c2cccc(OC)c2)C2=C(N=3)c3ccccc3CC2)cc1Br. The molecule has 0 unspecified atom stereocenters. The number of rotatable bonds is 6. The molecule has 3 aromatic carbocycles. The number of allylic oxidation sites excluding steroid dienone is 1. The van der Waals surface area contributed by atoms with Gasteiger partial charge < -0.3 is 9.47 Å². The molecular formula is C31H25BrN2O3S. The highest BCUT2D eigenvalue weighted by Crippen LogP contribution is 2.41. The Morgan fingerprint density at radius 3 is 2.82 bits per heavy atom. The van der Waals surface area contributed by atoms with Crippen molar-refractivity contribution in [3.63, 3.8) is 0 Å². The first-order chi connectivity index (χ1) is 18.6. The Hall–Kier alpha value is -3.68. The van der Waals surface area contributed by atoms with Crippen molar-refractivity contribution in [2.24, 2.45) is 4.99 Å². The van der Waals surface area contributed by atoms with Crippen molar-refractivity contribution < 1.29 is 9.47 Å². The van der Waals surface area contributed by atoms with Crippen molar-refractivity contribution in [1.82, 2.24) is 4.57 Å². The predicted molar refractivity (Wildman–Crippen MR) is 156 cm³/mol. The molecule has 0 fully saturated rings. The van der Waals surface area contributed by atoms with Crippen molar-refractivity contribution >= 4 is 39.0 Å². The molecule has 0 bridgehead atoms. The molecule has 0 spiro atoms. The van der Waals surface area contributed by atoms with Crippen LogP contribution < -0.4 is 24.4 Å². The van der Waals surface area contributed by atoms with Gasteiger partial charge in [0.15, 0.2) is 4.80 Å². The molecule has 1 aromatic heterocycles. The van der Waals surface area contributed by atoms with Gasteiger partial charge in [-0.3, -0.25) is 9.36 Å². The summed E-state index contributed by atoms with van der Waals surface area (Å²) in [6.07, 6.45) is 5.40. The summed E-state index contributed by atoms with van der Waals surface area (Å²) in [5.41, 5.74) is 6.47. The minimum absolute atomic E-state index is 0.0462. The van der Waals surface area contributed by atoms with Crippen LogP contribution in [0.25, 0.3) is 11.8 Å². The molecule has 5 nitrogen and oxygen atoms in total. The Labute approximate surface area is 232 Å². The van der Waals surface area contributed by atoms with Crippen molar-refractivity contribution in [3.05, 3.63) is 131 Å². The first kappa shape index (κ1) is 24.6. The number of methoxy groups -OCH3 is 1. The van der Waals surface area contributed by atoms with Gasteiger partial charge in [0, 0.05) is 5.56 Å². The van der Waals surface area contributed by atoms with Gasteiger partial charge in [-0.25, -0.2) is 4.99 Å². The number of aromatic nitrogens is 1. The number of fused-ring (bicyclic) bond motifs is 3. The molecule has 0 saturated heterocycles. The lowest BCUT2D eigenvalue weighted by Crippen LogP contribution is -2.38. The van der Waals surface area contributed by atoms with Gasteiger partial charge in [-0.2, -0.15) is 0 Å². The average Bonchev–Trinajstić information content (AvgIpc) is 3.25. The fourth-order valence-corrected chi connectivity index (χ4v) is 6.67. The van der Waals surface area contributed by atoms with Gasteiger partial charge in [-0.15, -0.1) is 0 Å². The predicted octanol–water partition coefficient (Wildman–Crippen LogP) is 5.65. The van der Waals surface area contributed by atoms with E-state index in [2.05, 4.69) is 52.8 Å². The Kier molecular flexibility index (Phi) is 6.64. The first-order valence-electron chi connectivity index (χ1n) is 12.4. The zero-order valence-corrected chi connectivity index (χ0v) is 23.2. The minimum atomic E-state index is -0.242. The van der Waals surface area contributed by atoms with Crippen LogP contribution in [0.5, 0.6) is 11.5 Å². The second-order valence-corrected chi connectivity index (χ2v) is 11.0. The maximum absolute atomic E-state index is 14.0. The Balaban J connectivity index is 1.54. The molecule has 7 heteroatoms. The maximum Gasteiger partial charge on any atom is 0.271 e. The van der Waals surface area contributed by atoms with Crippen molar-refractivity contribution in [2.45, 2.75) is 18.9 Å². The summed E-state index contributed by atoms with van der Waals surface area (Å²) in [6.45, 7) is 4.12. The summed E-state index contributed by atoms with van der Waals surface area (Å²) in [5.74, 6) is 1.50. The highest BCUT2D eigenvalue weighted by molar-refractivity contribution is 9.10. The summed E-state index contributed by atoms with van der Waals surface area (Å²) < 4.78 is 14.5. The summed E-state index contributed by atoms with van der Waals surface area (Å²) in [5, 5.41) is 0. The van der Waals surface area contributed by atoms with Crippen LogP contribution in [-0.2, 0) is 6.42 Å². The number of aryl methyl sites for hydroxylation is 1. The van der Waals surface area contributed by atoms with Crippen molar-refractivity contribution in [3.8, 4) is 11.5 Å². The van der Waals surface area contributed by atoms with Gasteiger partial charge in [0.05, 0.1) is 27.9 Å². The Bertz CT molecular complexity index is 1780. The highest BCUT2D eigenvalue weighted by atomic mass is 79.9. The van der Waals surface area contributed by atoms with E-state index in [9.17, 15) is 4.79 Å². The number of hydrogen-bond donors (Lipinski definition) is 0. The molecule has 4 aromatic rings. The fraction of sp³-hybridized carbons (Fsp3) is 0.161. The molecule has 0 amide bonds. The molecule has 1 aliphatic carbocycles. The summed E-state index contributed by atoms with van der Waals surface area (Å²) in [6, 6.07) is 22.0. The molecule has 1 aliphatic heterocycles. The van der Waals surface area contributed by atoms with E-state index in [-0.39, 0.29) is 11.6 Å². The number of nitrogens with zero attached hydrogens (tertiary/aromatic N) is 2. The van der Waals surface area contributed by atoms with E-state index in [0.29, 0.717) is 15.9 Å². The van der Waals surface area contributed by atoms with Crippen molar-refractivity contribution in [2.75, 3.05) is 13.7 Å². The van der Waals surface area contributed by atoms with E-state index >= 15 is 0 Å². The molecule has 0 saturated carbocycles. The Morgan fingerprint density at radius 2 is 2.00 bits per heavy atom. The highest BCUT2D eigenvalue weighted by Gasteiger charge is 2.32. The van der Waals surface area contributed by atoms with Crippen LogP contribution in [0.15, 0.2) is 99.2 Å². The van der Waals surface area contributed by atoms with Crippen LogP contribution >= 0.6 is 27.3 Å². The van der Waals surface area contributed by atoms with Gasteiger partial charge in [0.2, 0.25) is 0 Å². The molecule has 1 atom stereocenters. The Morgan fingerprint density at radius 1 is 1.13 bits per heavy atom. The average molecular weight is 586 g/mol. The van der Waals surface area contributed by atoms with Gasteiger partial charge in [-0.1, -0.05) is 66.5 Å². The van der Waals surface area contributed by atoms with E-state index < -0.39 is 0 Å². The second kappa shape index (κ2) is 10.2. The lowest BCUT2D eigenvalue weighted by Gasteiger charge is -2.31. The van der Waals surface area contributed by atoms with Crippen LogP contribution in [0.1, 0.15) is 34.7 Å². The van der Waals surface area contributed by atoms with E-state index in [0.717, 1.165) is 51.2 Å². The third-order valence-electron chi connectivity index (χ3n) is 6.89. The van der Waals surface area contributed by atoms with E-state index in [1.807, 2.05) is 47.0 Å². The largest absolute Gasteiger partial charge is 0.497 e. The smallest absolute Gasteiger partial charge is 0.271 e. The first-order valence-corrected chi connectivity index (χ1v) is 14.0. The van der Waals surface area contributed by atoms with Crippen LogP contribution in [0.4, 0.5) is 0 Å². The number of benzene rings is 3. The van der Waals surface area contributed by atoms with E-state index in [1.165, 1.54) is 22.5 Å². The number of ether oxygens (including phenoxy) is 2. The van der Waals surface area contributed by atoms with Crippen LogP contribution in [0.3, 0.4) is 0 Å². The fourth-order valence-electron chi connectivity index (χ4n) is 5.16. The van der Waals surface area contributed by atoms with Gasteiger partial charge in [0.25, 0.3) is 5.56 Å². The van der Waals surface area contributed by atoms with Gasteiger partial charge in [0.1, 0.15) is 18.1 Å². The molecule has 190 valence electrons. The van der Waals surface area contributed by atoms with Crippen LogP contribution in [-0.4, -0.2) is 18.3 Å². The summed E-state index contributed by atoms with van der Waals surface area (Å²) >= 11 is 5.00. The lowest BCUT2D eigenvalue weighted by atomic mass is 9.83. The molecule has 2 heterocycles. The quantitative estimate of drug-likeness (QED) is 0.275. The molecule has 38 heavy (non-hydrogen) atoms. The van der Waals surface area contributed by atoms with Crippen LogP contribution in [0.2, 0.25) is 0 Å². The van der Waals surface area contributed by atoms with Gasteiger partial charge in [-0.05, 0) is 81.4 Å². The summed E-state index contributed by atoms with van der Waals surface area (Å²) in [4.78, 5) is 19.7. The number of hydrogen-bond acceptors (Lipinski definition) is 5. The topological polar surface area (TPSA) is 52.8 Å².